The average Bonchev–Trinajstić information content (AvgIpc) is 2.83. The molecule has 0 amide bonds. The Hall–Kier alpha value is -4.35. The van der Waals surface area contributed by atoms with Gasteiger partial charge in [0.1, 0.15) is 11.6 Å². The number of rotatable bonds is 9. The number of nitrogens with one attached hydrogen (secondary N) is 2. The molecule has 1 aromatic heterocycles. The minimum atomic E-state index is -0.728. The van der Waals surface area contributed by atoms with Gasteiger partial charge < -0.3 is 26.9 Å². The third kappa shape index (κ3) is 6.09. The number of benzene rings is 2. The topological polar surface area (TPSA) is 155 Å². The van der Waals surface area contributed by atoms with Gasteiger partial charge in [0.25, 0.3) is 0 Å². The number of hydrogen-bond donors (Lipinski definition) is 4. The van der Waals surface area contributed by atoms with Crippen molar-refractivity contribution in [3.63, 3.8) is 0 Å². The highest BCUT2D eigenvalue weighted by molar-refractivity contribution is 5.77. The molecule has 0 radical (unpaired) electrons. The summed E-state index contributed by atoms with van der Waals surface area (Å²) in [6, 6.07) is 12.7. The molecule has 174 valence electrons. The van der Waals surface area contributed by atoms with Crippen molar-refractivity contribution in [2.45, 2.75) is 13.1 Å². The van der Waals surface area contributed by atoms with Crippen molar-refractivity contribution in [2.24, 2.45) is 16.7 Å². The lowest BCUT2D eigenvalue weighted by Gasteiger charge is -2.16. The number of aromatic nitrogens is 3. The van der Waals surface area contributed by atoms with Crippen molar-refractivity contribution < 1.29 is 9.13 Å². The van der Waals surface area contributed by atoms with Crippen LogP contribution in [0.1, 0.15) is 11.1 Å². The van der Waals surface area contributed by atoms with Gasteiger partial charge >= 0.3 is 11.4 Å². The van der Waals surface area contributed by atoms with E-state index in [1.165, 1.54) is 28.8 Å². The first-order valence-electron chi connectivity index (χ1n) is 10.0. The molecule has 6 N–H and O–H groups in total. The van der Waals surface area contributed by atoms with E-state index in [0.29, 0.717) is 17.9 Å². The Morgan fingerprint density at radius 2 is 1.64 bits per heavy atom. The number of methoxy groups -OCH3 is 1. The van der Waals surface area contributed by atoms with Gasteiger partial charge in [-0.25, -0.2) is 18.5 Å². The first kappa shape index (κ1) is 23.3. The molecule has 0 aliphatic heterocycles. The number of guanidine groups is 1. The van der Waals surface area contributed by atoms with E-state index in [1.54, 1.807) is 19.2 Å². The van der Waals surface area contributed by atoms with E-state index in [-0.39, 0.29) is 31.5 Å². The van der Waals surface area contributed by atoms with Gasteiger partial charge in [0.2, 0.25) is 11.9 Å². The second kappa shape index (κ2) is 10.8. The quantitative estimate of drug-likeness (QED) is 0.114. The van der Waals surface area contributed by atoms with E-state index in [1.807, 2.05) is 12.1 Å². The van der Waals surface area contributed by atoms with Gasteiger partial charge in [0.05, 0.1) is 20.2 Å². The molecule has 0 saturated carbocycles. The number of halogens is 1. The predicted molar refractivity (Wildman–Crippen MR) is 123 cm³/mol. The number of nitrogens with two attached hydrogens (primary N) is 2. The fourth-order valence-corrected chi connectivity index (χ4v) is 3.04. The van der Waals surface area contributed by atoms with Crippen LogP contribution in [0.3, 0.4) is 0 Å². The predicted octanol–water partition coefficient (Wildman–Crippen LogP) is -0.161. The highest BCUT2D eigenvalue weighted by Gasteiger charge is 2.14. The fourth-order valence-electron chi connectivity index (χ4n) is 3.04. The van der Waals surface area contributed by atoms with Crippen LogP contribution in [0.25, 0.3) is 0 Å². The first-order valence-corrected chi connectivity index (χ1v) is 10.0. The Morgan fingerprint density at radius 3 is 2.24 bits per heavy atom. The maximum Gasteiger partial charge on any atom is 0.355 e. The van der Waals surface area contributed by atoms with E-state index in [0.717, 1.165) is 10.1 Å². The fraction of sp³-hybridized carbons (Fsp3) is 0.238. The molecule has 0 bridgehead atoms. The van der Waals surface area contributed by atoms with Crippen molar-refractivity contribution in [1.29, 1.82) is 0 Å². The number of anilines is 1. The van der Waals surface area contributed by atoms with Crippen LogP contribution < -0.4 is 38.3 Å². The van der Waals surface area contributed by atoms with E-state index < -0.39 is 17.2 Å². The Kier molecular flexibility index (Phi) is 7.63. The van der Waals surface area contributed by atoms with Crippen LogP contribution in [0.5, 0.6) is 5.75 Å². The lowest BCUT2D eigenvalue weighted by Crippen LogP contribution is -2.44. The zero-order valence-electron chi connectivity index (χ0n) is 18.0. The standard InChI is InChI=1S/C21H25FN8O3/c1-33-17-8-4-15(5-9-17)12-29-19(26-11-10-25-18(23)28-24)27-20(31)30(21(29)32)13-14-2-6-16(22)7-3-14/h2-9H,10-13,24H2,1H3,(H3,23,25,28)(H,26,27,31). The van der Waals surface area contributed by atoms with Gasteiger partial charge in [-0.1, -0.05) is 24.3 Å². The van der Waals surface area contributed by atoms with Gasteiger partial charge in [-0.2, -0.15) is 4.98 Å². The molecule has 3 aromatic rings. The van der Waals surface area contributed by atoms with Crippen molar-refractivity contribution >= 4 is 11.9 Å². The van der Waals surface area contributed by atoms with E-state index >= 15 is 0 Å². The number of ether oxygens (including phenoxy) is 1. The van der Waals surface area contributed by atoms with Crippen LogP contribution in [0.15, 0.2) is 63.2 Å². The maximum absolute atomic E-state index is 13.3. The molecule has 1 heterocycles. The zero-order valence-corrected chi connectivity index (χ0v) is 18.0. The molecule has 0 fully saturated rings. The van der Waals surface area contributed by atoms with Gasteiger partial charge in [-0.05, 0) is 35.4 Å². The summed E-state index contributed by atoms with van der Waals surface area (Å²) >= 11 is 0. The lowest BCUT2D eigenvalue weighted by molar-refractivity contribution is 0.414. The summed E-state index contributed by atoms with van der Waals surface area (Å²) < 4.78 is 20.7. The Bertz CT molecular complexity index is 1220. The number of hydrogen-bond acceptors (Lipinski definition) is 7. The molecule has 2 aromatic carbocycles. The van der Waals surface area contributed by atoms with Crippen molar-refractivity contribution in [2.75, 3.05) is 25.5 Å². The SMILES string of the molecule is COc1ccc(Cn2c(NCCN/C(N)=N/N)nc(=O)n(Cc3ccc(F)cc3)c2=O)cc1. The summed E-state index contributed by atoms with van der Waals surface area (Å²) in [5.41, 5.74) is 5.59. The third-order valence-corrected chi connectivity index (χ3v) is 4.76. The van der Waals surface area contributed by atoms with Crippen LogP contribution in [-0.2, 0) is 13.1 Å². The van der Waals surface area contributed by atoms with E-state index in [2.05, 4.69) is 20.7 Å². The van der Waals surface area contributed by atoms with E-state index in [4.69, 9.17) is 16.3 Å². The molecule has 0 aliphatic rings. The van der Waals surface area contributed by atoms with Crippen LogP contribution >= 0.6 is 0 Å². The third-order valence-electron chi connectivity index (χ3n) is 4.76. The van der Waals surface area contributed by atoms with Crippen molar-refractivity contribution in [3.05, 3.63) is 86.4 Å². The van der Waals surface area contributed by atoms with Crippen molar-refractivity contribution in [1.82, 2.24) is 19.4 Å². The monoisotopic (exact) mass is 456 g/mol. The highest BCUT2D eigenvalue weighted by Crippen LogP contribution is 2.13. The summed E-state index contributed by atoms with van der Waals surface area (Å²) in [6.45, 7) is 0.719. The summed E-state index contributed by atoms with van der Waals surface area (Å²) in [4.78, 5) is 30.0. The number of nitrogens with zero attached hydrogens (tertiary/aromatic N) is 4. The molecule has 0 saturated heterocycles. The molecule has 11 nitrogen and oxygen atoms in total. The average molecular weight is 456 g/mol. The summed E-state index contributed by atoms with van der Waals surface area (Å²) in [7, 11) is 1.56. The van der Waals surface area contributed by atoms with Crippen LogP contribution in [-0.4, -0.2) is 40.3 Å². The largest absolute Gasteiger partial charge is 0.497 e. The van der Waals surface area contributed by atoms with Crippen LogP contribution in [0.4, 0.5) is 10.3 Å². The van der Waals surface area contributed by atoms with Gasteiger partial charge in [-0.15, -0.1) is 5.10 Å². The molecule has 0 unspecified atom stereocenters. The molecule has 0 aliphatic carbocycles. The van der Waals surface area contributed by atoms with Crippen molar-refractivity contribution in [3.8, 4) is 5.75 Å². The highest BCUT2D eigenvalue weighted by atomic mass is 19.1. The van der Waals surface area contributed by atoms with Crippen LogP contribution in [0, 0.1) is 5.82 Å². The molecular formula is C21H25FN8O3. The lowest BCUT2D eigenvalue weighted by atomic mass is 10.2. The van der Waals surface area contributed by atoms with Crippen LogP contribution in [0.2, 0.25) is 0 Å². The zero-order chi connectivity index (χ0) is 23.8. The van der Waals surface area contributed by atoms with Gasteiger partial charge in [0, 0.05) is 13.1 Å². The number of hydrazone groups is 1. The second-order valence-electron chi connectivity index (χ2n) is 7.02. The van der Waals surface area contributed by atoms with Gasteiger partial charge in [-0.3, -0.25) is 4.57 Å². The molecular weight excluding hydrogens is 431 g/mol. The molecule has 0 atom stereocenters. The maximum atomic E-state index is 13.3. The summed E-state index contributed by atoms with van der Waals surface area (Å²) in [5, 5.41) is 9.03. The smallest absolute Gasteiger partial charge is 0.355 e. The Balaban J connectivity index is 1.93. The molecule has 0 spiro atoms. The summed E-state index contributed by atoms with van der Waals surface area (Å²) in [5.74, 6) is 5.49. The Labute approximate surface area is 188 Å². The molecule has 12 heteroatoms. The first-order chi connectivity index (χ1) is 15.9. The summed E-state index contributed by atoms with van der Waals surface area (Å²) in [6.07, 6.45) is 0. The second-order valence-corrected chi connectivity index (χ2v) is 7.02. The minimum Gasteiger partial charge on any atom is -0.497 e. The Morgan fingerprint density at radius 1 is 1.03 bits per heavy atom. The molecule has 3 rings (SSSR count). The van der Waals surface area contributed by atoms with E-state index in [9.17, 15) is 14.0 Å². The minimum absolute atomic E-state index is 0.0428. The molecule has 33 heavy (non-hydrogen) atoms. The normalized spacial score (nSPS) is 11.3. The van der Waals surface area contributed by atoms with Gasteiger partial charge in [0.15, 0.2) is 0 Å².